The first-order chi connectivity index (χ1) is 7.95. The van der Waals surface area contributed by atoms with Crippen molar-refractivity contribution in [3.8, 4) is 0 Å². The summed E-state index contributed by atoms with van der Waals surface area (Å²) in [7, 11) is 1.15. The van der Waals surface area contributed by atoms with E-state index in [1.165, 1.54) is 0 Å². The largest absolute Gasteiger partial charge is 0.468 e. The smallest absolute Gasteiger partial charge is 0.322 e. The van der Waals surface area contributed by atoms with Gasteiger partial charge in [0.15, 0.2) is 0 Å². The summed E-state index contributed by atoms with van der Waals surface area (Å²) in [5, 5.41) is 10.7. The third-order valence-corrected chi connectivity index (χ3v) is 2.18. The van der Waals surface area contributed by atoms with Crippen LogP contribution in [0.4, 0.5) is 10.1 Å². The van der Waals surface area contributed by atoms with Gasteiger partial charge in [0, 0.05) is 18.1 Å². The minimum Gasteiger partial charge on any atom is -0.468 e. The van der Waals surface area contributed by atoms with Crippen molar-refractivity contribution in [2.45, 2.75) is 12.5 Å². The Morgan fingerprint density at radius 1 is 1.65 bits per heavy atom. The highest BCUT2D eigenvalue weighted by atomic mass is 19.1. The number of ether oxygens (including phenoxy) is 1. The number of hydrogen-bond acceptors (Lipinski definition) is 5. The van der Waals surface area contributed by atoms with Crippen LogP contribution in [0, 0.1) is 15.9 Å². The van der Waals surface area contributed by atoms with E-state index in [9.17, 15) is 19.3 Å². The number of halogens is 1. The molecule has 1 aromatic rings. The highest BCUT2D eigenvalue weighted by molar-refractivity contribution is 5.76. The van der Waals surface area contributed by atoms with E-state index in [1.807, 2.05) is 0 Å². The highest BCUT2D eigenvalue weighted by Crippen LogP contribution is 2.20. The van der Waals surface area contributed by atoms with Crippen LogP contribution in [-0.4, -0.2) is 24.0 Å². The molecule has 0 aliphatic carbocycles. The molecule has 0 bridgehead atoms. The quantitative estimate of drug-likeness (QED) is 0.478. The van der Waals surface area contributed by atoms with Gasteiger partial charge >= 0.3 is 5.97 Å². The molecular formula is C10H11FN2O4. The molecule has 0 spiro atoms. The topological polar surface area (TPSA) is 95.5 Å². The lowest BCUT2D eigenvalue weighted by Gasteiger charge is -2.09. The van der Waals surface area contributed by atoms with Gasteiger partial charge in [-0.15, -0.1) is 0 Å². The van der Waals surface area contributed by atoms with E-state index in [0.717, 1.165) is 25.3 Å². The molecule has 1 rings (SSSR count). The molecule has 0 heterocycles. The van der Waals surface area contributed by atoms with E-state index in [1.54, 1.807) is 0 Å². The lowest BCUT2D eigenvalue weighted by molar-refractivity contribution is -0.385. The van der Waals surface area contributed by atoms with E-state index < -0.39 is 22.8 Å². The van der Waals surface area contributed by atoms with Crippen LogP contribution in [0.2, 0.25) is 0 Å². The fourth-order valence-corrected chi connectivity index (χ4v) is 1.37. The molecule has 0 amide bonds. The van der Waals surface area contributed by atoms with Gasteiger partial charge < -0.3 is 10.5 Å². The van der Waals surface area contributed by atoms with Gasteiger partial charge in [0.25, 0.3) is 5.69 Å². The van der Waals surface area contributed by atoms with Gasteiger partial charge in [0.05, 0.1) is 12.0 Å². The molecule has 0 aliphatic heterocycles. The number of nitro benzene ring substituents is 1. The second kappa shape index (κ2) is 5.35. The number of nitro groups is 1. The Hall–Kier alpha value is -2.02. The third kappa shape index (κ3) is 3.22. The van der Waals surface area contributed by atoms with Gasteiger partial charge in [-0.2, -0.15) is 0 Å². The van der Waals surface area contributed by atoms with E-state index in [4.69, 9.17) is 5.73 Å². The Morgan fingerprint density at radius 3 is 2.82 bits per heavy atom. The molecule has 1 aromatic carbocycles. The molecule has 0 unspecified atom stereocenters. The van der Waals surface area contributed by atoms with Crippen molar-refractivity contribution in [3.05, 3.63) is 39.7 Å². The van der Waals surface area contributed by atoms with Crippen molar-refractivity contribution >= 4 is 11.7 Å². The maximum Gasteiger partial charge on any atom is 0.322 e. The van der Waals surface area contributed by atoms with Crippen LogP contribution in [0.3, 0.4) is 0 Å². The summed E-state index contributed by atoms with van der Waals surface area (Å²) in [5.41, 5.74) is 5.25. The van der Waals surface area contributed by atoms with Crippen molar-refractivity contribution in [1.82, 2.24) is 0 Å². The van der Waals surface area contributed by atoms with Gasteiger partial charge in [0.2, 0.25) is 0 Å². The summed E-state index contributed by atoms with van der Waals surface area (Å²) >= 11 is 0. The van der Waals surface area contributed by atoms with E-state index in [0.29, 0.717) is 0 Å². The number of benzene rings is 1. The number of nitrogens with zero attached hydrogens (tertiary/aromatic N) is 1. The maximum atomic E-state index is 13.0. The normalized spacial score (nSPS) is 11.9. The Kier molecular flexibility index (Phi) is 4.11. The van der Waals surface area contributed by atoms with Crippen molar-refractivity contribution < 1.29 is 18.8 Å². The molecule has 7 heteroatoms. The Labute approximate surface area is 96.3 Å². The molecule has 0 saturated carbocycles. The third-order valence-electron chi connectivity index (χ3n) is 2.18. The number of nitrogens with two attached hydrogens (primary N) is 1. The molecule has 92 valence electrons. The number of esters is 1. The number of carbonyl (C=O) groups is 1. The Bertz CT molecular complexity index is 450. The maximum absolute atomic E-state index is 13.0. The van der Waals surface area contributed by atoms with Crippen molar-refractivity contribution in [1.29, 1.82) is 0 Å². The van der Waals surface area contributed by atoms with E-state index in [-0.39, 0.29) is 17.7 Å². The van der Waals surface area contributed by atoms with Gasteiger partial charge in [-0.05, 0) is 12.1 Å². The molecule has 2 N–H and O–H groups in total. The van der Waals surface area contributed by atoms with Crippen LogP contribution in [0.5, 0.6) is 0 Å². The summed E-state index contributed by atoms with van der Waals surface area (Å²) < 4.78 is 17.4. The molecule has 0 aliphatic rings. The summed E-state index contributed by atoms with van der Waals surface area (Å²) in [6.45, 7) is 0. The first kappa shape index (κ1) is 13.0. The lowest BCUT2D eigenvalue weighted by Crippen LogP contribution is -2.33. The summed E-state index contributed by atoms with van der Waals surface area (Å²) in [4.78, 5) is 21.1. The lowest BCUT2D eigenvalue weighted by atomic mass is 10.0. The van der Waals surface area contributed by atoms with E-state index in [2.05, 4.69) is 4.74 Å². The molecule has 6 nitrogen and oxygen atoms in total. The second-order valence-electron chi connectivity index (χ2n) is 3.36. The zero-order valence-electron chi connectivity index (χ0n) is 9.05. The fourth-order valence-electron chi connectivity index (χ4n) is 1.37. The highest BCUT2D eigenvalue weighted by Gasteiger charge is 2.21. The van der Waals surface area contributed by atoms with Gasteiger partial charge in [-0.25, -0.2) is 4.39 Å². The van der Waals surface area contributed by atoms with Crippen LogP contribution >= 0.6 is 0 Å². The first-order valence-corrected chi connectivity index (χ1v) is 4.72. The number of methoxy groups -OCH3 is 1. The van der Waals surface area contributed by atoms with Crippen molar-refractivity contribution in [2.75, 3.05) is 7.11 Å². The second-order valence-corrected chi connectivity index (χ2v) is 3.36. The monoisotopic (exact) mass is 242 g/mol. The predicted molar refractivity (Wildman–Crippen MR) is 56.7 cm³/mol. The molecule has 17 heavy (non-hydrogen) atoms. The summed E-state index contributed by atoms with van der Waals surface area (Å²) in [6.07, 6.45) is -0.152. The molecule has 0 saturated heterocycles. The van der Waals surface area contributed by atoms with Crippen LogP contribution in [0.25, 0.3) is 0 Å². The molecule has 0 radical (unpaired) electrons. The fraction of sp³-hybridized carbons (Fsp3) is 0.300. The Balaban J connectivity index is 3.00. The average Bonchev–Trinajstić information content (AvgIpc) is 2.27. The minimum absolute atomic E-state index is 0.0629. The van der Waals surface area contributed by atoms with Gasteiger partial charge in [0.1, 0.15) is 11.9 Å². The summed E-state index contributed by atoms with van der Waals surface area (Å²) in [5.74, 6) is -1.33. The van der Waals surface area contributed by atoms with Crippen LogP contribution in [0.1, 0.15) is 5.56 Å². The first-order valence-electron chi connectivity index (χ1n) is 4.72. The molecular weight excluding hydrogens is 231 g/mol. The number of carbonyl (C=O) groups excluding carboxylic acids is 1. The van der Waals surface area contributed by atoms with Crippen LogP contribution < -0.4 is 5.73 Å². The average molecular weight is 242 g/mol. The summed E-state index contributed by atoms with van der Waals surface area (Å²) in [6, 6.07) is 1.95. The minimum atomic E-state index is -1.06. The van der Waals surface area contributed by atoms with Crippen molar-refractivity contribution in [3.63, 3.8) is 0 Å². The van der Waals surface area contributed by atoms with Crippen LogP contribution in [0.15, 0.2) is 18.2 Å². The predicted octanol–water partition coefficient (Wildman–Crippen LogP) is 0.777. The molecule has 0 aromatic heterocycles. The molecule has 1 atom stereocenters. The molecule has 0 fully saturated rings. The van der Waals surface area contributed by atoms with Crippen LogP contribution in [-0.2, 0) is 16.0 Å². The van der Waals surface area contributed by atoms with Gasteiger partial charge in [-0.3, -0.25) is 14.9 Å². The number of rotatable bonds is 4. The zero-order valence-corrected chi connectivity index (χ0v) is 9.05. The standard InChI is InChI=1S/C10H11FN2O4/c1-17-10(14)8(12)5-6-4-7(11)2-3-9(6)13(15)16/h2-4,8H,5,12H2,1H3/t8-/m0/s1. The van der Waals surface area contributed by atoms with Crippen molar-refractivity contribution in [2.24, 2.45) is 5.73 Å². The Morgan fingerprint density at radius 2 is 2.29 bits per heavy atom. The zero-order chi connectivity index (χ0) is 13.0. The SMILES string of the molecule is COC(=O)[C@@H](N)Cc1cc(F)ccc1[N+](=O)[O-]. The number of hydrogen-bond donors (Lipinski definition) is 1. The van der Waals surface area contributed by atoms with E-state index >= 15 is 0 Å². The van der Waals surface area contributed by atoms with Gasteiger partial charge in [-0.1, -0.05) is 0 Å².